The zero-order valence-corrected chi connectivity index (χ0v) is 34.0. The third-order valence-electron chi connectivity index (χ3n) is 13.8. The van der Waals surface area contributed by atoms with Gasteiger partial charge >= 0.3 is 0 Å². The van der Waals surface area contributed by atoms with E-state index in [0.29, 0.717) is 36.7 Å². The van der Waals surface area contributed by atoms with Crippen LogP contribution in [0.5, 0.6) is 5.75 Å². The van der Waals surface area contributed by atoms with Gasteiger partial charge in [0.15, 0.2) is 0 Å². The van der Waals surface area contributed by atoms with Gasteiger partial charge in [0.25, 0.3) is 5.91 Å². The molecule has 54 heavy (non-hydrogen) atoms. The zero-order chi connectivity index (χ0) is 37.7. The van der Waals surface area contributed by atoms with Crippen molar-refractivity contribution in [2.75, 3.05) is 77.1 Å². The summed E-state index contributed by atoms with van der Waals surface area (Å²) in [6.45, 7) is 15.6. The van der Waals surface area contributed by atoms with Crippen LogP contribution in [-0.4, -0.2) is 115 Å². The Morgan fingerprint density at radius 2 is 1.91 bits per heavy atom. The average Bonchev–Trinajstić information content (AvgIpc) is 3.26. The normalized spacial score (nSPS) is 35.8. The van der Waals surface area contributed by atoms with Crippen molar-refractivity contribution in [1.82, 2.24) is 14.5 Å². The van der Waals surface area contributed by atoms with E-state index in [1.165, 1.54) is 11.1 Å². The van der Waals surface area contributed by atoms with Crippen molar-refractivity contribution < 1.29 is 23.2 Å². The fourth-order valence-corrected chi connectivity index (χ4v) is 11.8. The molecular formula is C43H59ClN4O5S. The van der Waals surface area contributed by atoms with Crippen LogP contribution < -0.4 is 14.4 Å². The summed E-state index contributed by atoms with van der Waals surface area (Å²) in [5.41, 5.74) is 3.33. The number of rotatable bonds is 5. The summed E-state index contributed by atoms with van der Waals surface area (Å²) in [6, 6.07) is 12.6. The Hall–Kier alpha value is -2.60. The van der Waals surface area contributed by atoms with E-state index in [0.717, 1.165) is 114 Å². The highest BCUT2D eigenvalue weighted by Crippen LogP contribution is 2.49. The van der Waals surface area contributed by atoms with Gasteiger partial charge in [-0.05, 0) is 117 Å². The van der Waals surface area contributed by atoms with Crippen molar-refractivity contribution in [2.45, 2.75) is 81.6 Å². The van der Waals surface area contributed by atoms with E-state index >= 15 is 0 Å². The highest BCUT2D eigenvalue weighted by molar-refractivity contribution is 7.99. The molecule has 0 aromatic heterocycles. The van der Waals surface area contributed by atoms with Gasteiger partial charge in [-0.15, -0.1) is 0 Å². The number of hydrogen-bond acceptors (Lipinski definition) is 8. The van der Waals surface area contributed by atoms with Crippen molar-refractivity contribution in [3.63, 3.8) is 0 Å². The molecule has 2 saturated heterocycles. The molecule has 7 atom stereocenters. The maximum atomic E-state index is 14.1. The predicted molar refractivity (Wildman–Crippen MR) is 219 cm³/mol. The maximum absolute atomic E-state index is 14.1. The minimum Gasteiger partial charge on any atom is -0.490 e. The number of hydrogen-bond donors (Lipinski definition) is 1. The van der Waals surface area contributed by atoms with Crippen LogP contribution >= 0.6 is 11.6 Å². The minimum absolute atomic E-state index is 0.0320. The number of anilines is 1. The van der Waals surface area contributed by atoms with Crippen molar-refractivity contribution in [1.29, 1.82) is 0 Å². The van der Waals surface area contributed by atoms with Gasteiger partial charge in [0.05, 0.1) is 41.3 Å². The number of halogens is 1. The summed E-state index contributed by atoms with van der Waals surface area (Å²) in [4.78, 5) is 21.6. The van der Waals surface area contributed by atoms with E-state index in [1.807, 2.05) is 25.1 Å². The lowest BCUT2D eigenvalue weighted by Gasteiger charge is -2.53. The van der Waals surface area contributed by atoms with Crippen LogP contribution in [0, 0.1) is 17.8 Å². The molecule has 2 aromatic carbocycles. The first-order valence-electron chi connectivity index (χ1n) is 20.3. The van der Waals surface area contributed by atoms with Gasteiger partial charge in [0.1, 0.15) is 11.4 Å². The first kappa shape index (κ1) is 38.3. The second kappa shape index (κ2) is 15.4. The lowest BCUT2D eigenvalue weighted by molar-refractivity contribution is -0.119. The maximum Gasteiger partial charge on any atom is 0.262 e. The molecule has 11 heteroatoms. The van der Waals surface area contributed by atoms with Crippen LogP contribution in [0.1, 0.15) is 74.4 Å². The molecule has 1 unspecified atom stereocenters. The van der Waals surface area contributed by atoms with Crippen LogP contribution in [0.3, 0.4) is 0 Å². The number of piperazine rings is 1. The van der Waals surface area contributed by atoms with Crippen LogP contribution in [0.2, 0.25) is 5.02 Å². The fourth-order valence-electron chi connectivity index (χ4n) is 10.2. The van der Waals surface area contributed by atoms with Gasteiger partial charge in [-0.3, -0.25) is 19.3 Å². The monoisotopic (exact) mass is 778 g/mol. The summed E-state index contributed by atoms with van der Waals surface area (Å²) in [5, 5.41) is 0.437. The Balaban J connectivity index is 1.18. The van der Waals surface area contributed by atoms with Gasteiger partial charge in [-0.2, -0.15) is 0 Å². The number of ether oxygens (including phenoxy) is 3. The van der Waals surface area contributed by atoms with E-state index < -0.39 is 15.3 Å². The highest BCUT2D eigenvalue weighted by Gasteiger charge is 2.50. The van der Waals surface area contributed by atoms with E-state index in [2.05, 4.69) is 63.4 Å². The van der Waals surface area contributed by atoms with Crippen molar-refractivity contribution in [2.24, 2.45) is 17.8 Å². The first-order valence-corrected chi connectivity index (χ1v) is 22.5. The predicted octanol–water partition coefficient (Wildman–Crippen LogP) is 5.98. The third kappa shape index (κ3) is 7.36. The molecular weight excluding hydrogens is 720 g/mol. The van der Waals surface area contributed by atoms with Gasteiger partial charge in [0, 0.05) is 73.7 Å². The minimum atomic E-state index is -2.96. The summed E-state index contributed by atoms with van der Waals surface area (Å²) in [6.07, 6.45) is 10.7. The number of allylic oxidation sites excluding steroid dienone is 1. The molecule has 2 aliphatic carbocycles. The molecule has 9 nitrogen and oxygen atoms in total. The van der Waals surface area contributed by atoms with Crippen molar-refractivity contribution in [3.8, 4) is 5.75 Å². The third-order valence-corrected chi connectivity index (χ3v) is 16.2. The summed E-state index contributed by atoms with van der Waals surface area (Å²) in [5.74, 6) is 5.24. The number of fused-ring (bicyclic) bond motifs is 4. The topological polar surface area (TPSA) is 83.6 Å². The average molecular weight is 779 g/mol. The second-order valence-corrected chi connectivity index (χ2v) is 19.9. The molecule has 3 fully saturated rings. The van der Waals surface area contributed by atoms with E-state index in [1.54, 1.807) is 6.07 Å². The van der Waals surface area contributed by atoms with Gasteiger partial charge < -0.3 is 19.1 Å². The Bertz CT molecular complexity index is 1840. The molecule has 2 bridgehead atoms. The van der Waals surface area contributed by atoms with Gasteiger partial charge in [-0.25, -0.2) is 4.21 Å². The summed E-state index contributed by atoms with van der Waals surface area (Å²) < 4.78 is 36.3. The molecule has 1 spiro atoms. The SMILES string of the molecule is C=S1(=O)NC(=O)c2ccc3c(c2)N(C[C@@H]2CC[C@H]2[C@](CN2CCN(C4COC4)CC2)(OCC)/C=C/C[C@H](C)[C@H]1C)C[C@@]1(CCCc2cc(Cl)ccc21)CO3. The largest absolute Gasteiger partial charge is 0.490 e. The summed E-state index contributed by atoms with van der Waals surface area (Å²) in [7, 11) is -2.96. The highest BCUT2D eigenvalue weighted by atomic mass is 35.5. The molecule has 4 aliphatic heterocycles. The number of nitrogens with one attached hydrogen (secondary N) is 1. The first-order chi connectivity index (χ1) is 26.0. The standard InChI is InChI=1S/C43H59ClN4O5S/c1-5-53-43(28-46-18-20-47(21-19-46)36-25-51-26-36)17-6-8-30(2)31(3)54(4,50)45-41(49)33-11-15-40-39(23-33)48(24-34-10-13-38(34)43)27-42(29-52-40)16-7-9-32-22-35(44)12-14-37(32)42/h6,11-12,14-15,17,22-23,30-31,34,36,38H,4-5,7-10,13,16,18-21,24-29H2,1-3H3,(H,45,49,50)/b17-6+/t30-,31+,34-,38+,42-,43-,54?/m0/s1. The lowest BCUT2D eigenvalue weighted by Crippen LogP contribution is -2.61. The van der Waals surface area contributed by atoms with Crippen LogP contribution in [-0.2, 0) is 31.0 Å². The second-order valence-electron chi connectivity index (χ2n) is 17.1. The Morgan fingerprint density at radius 1 is 1.09 bits per heavy atom. The van der Waals surface area contributed by atoms with E-state index in [-0.39, 0.29) is 22.5 Å². The van der Waals surface area contributed by atoms with E-state index in [4.69, 9.17) is 25.8 Å². The van der Waals surface area contributed by atoms with Crippen LogP contribution in [0.4, 0.5) is 5.69 Å². The quantitative estimate of drug-likeness (QED) is 0.294. The molecule has 1 amide bonds. The molecule has 1 saturated carbocycles. The molecule has 6 aliphatic rings. The number of nitrogens with zero attached hydrogens (tertiary/aromatic N) is 3. The molecule has 1 N–H and O–H groups in total. The Labute approximate surface area is 327 Å². The van der Waals surface area contributed by atoms with E-state index in [9.17, 15) is 9.00 Å². The lowest BCUT2D eigenvalue weighted by atomic mass is 9.63. The molecule has 4 heterocycles. The Kier molecular flexibility index (Phi) is 10.9. The number of carbonyl (C=O) groups is 1. The number of aryl methyl sites for hydroxylation is 1. The molecule has 2 aromatic rings. The van der Waals surface area contributed by atoms with Crippen LogP contribution in [0.15, 0.2) is 48.6 Å². The number of carbonyl (C=O) groups excluding carboxylic acids is 1. The molecule has 8 rings (SSSR count). The van der Waals surface area contributed by atoms with Crippen molar-refractivity contribution >= 4 is 38.8 Å². The number of benzene rings is 2. The van der Waals surface area contributed by atoms with Gasteiger partial charge in [-0.1, -0.05) is 36.7 Å². The fraction of sp³-hybridized carbons (Fsp3) is 0.628. The van der Waals surface area contributed by atoms with Crippen LogP contribution in [0.25, 0.3) is 0 Å². The smallest absolute Gasteiger partial charge is 0.262 e. The molecule has 294 valence electrons. The molecule has 0 radical (unpaired) electrons. The van der Waals surface area contributed by atoms with Crippen molar-refractivity contribution in [3.05, 3.63) is 70.3 Å². The summed E-state index contributed by atoms with van der Waals surface area (Å²) >= 11 is 6.53. The van der Waals surface area contributed by atoms with Gasteiger partial charge in [0.2, 0.25) is 0 Å². The Morgan fingerprint density at radius 3 is 2.63 bits per heavy atom. The number of amides is 1. The zero-order valence-electron chi connectivity index (χ0n) is 32.4.